The van der Waals surface area contributed by atoms with Gasteiger partial charge in [0.2, 0.25) is 0 Å². The van der Waals surface area contributed by atoms with Gasteiger partial charge in [0.1, 0.15) is 40.7 Å². The molecular formula is C34H25N29. The average Bonchev–Trinajstić information content (AvgIpc) is 4.16. The summed E-state index contributed by atoms with van der Waals surface area (Å²) in [4.78, 5) is 13.1. The molecule has 306 valence electrons. The number of aromatic amines is 3. The van der Waals surface area contributed by atoms with Crippen molar-refractivity contribution in [2.75, 3.05) is 0 Å². The molecule has 10 heterocycles. The molecule has 0 fully saturated rings. The lowest BCUT2D eigenvalue weighted by Crippen LogP contribution is -2.11. The number of azo groups is 3. The largest absolute Gasteiger partial charge is 0.258 e. The normalized spacial score (nSPS) is 12.0. The van der Waals surface area contributed by atoms with Crippen LogP contribution in [0.3, 0.4) is 0 Å². The molecule has 0 saturated heterocycles. The summed E-state index contributed by atoms with van der Waals surface area (Å²) in [6.45, 7) is 18.5. The van der Waals surface area contributed by atoms with Crippen LogP contribution in [0.2, 0.25) is 0 Å². The van der Waals surface area contributed by atoms with Gasteiger partial charge >= 0.3 is 0 Å². The van der Waals surface area contributed by atoms with E-state index >= 15 is 0 Å². The molecule has 63 heavy (non-hydrogen) atoms. The van der Waals surface area contributed by atoms with Crippen molar-refractivity contribution < 1.29 is 0 Å². The highest BCUT2D eigenvalue weighted by atomic mass is 15.5. The molecule has 29 heteroatoms. The maximum absolute atomic E-state index is 10.2. The molecule has 29 nitrogen and oxygen atoms in total. The van der Waals surface area contributed by atoms with Crippen LogP contribution in [0.5, 0.6) is 0 Å². The van der Waals surface area contributed by atoms with Crippen LogP contribution < -0.4 is 0 Å². The number of nitrogens with one attached hydrogen (secondary N) is 3. The Hall–Kier alpha value is -9.98. The summed E-state index contributed by atoms with van der Waals surface area (Å²) in [5.41, 5.74) is 4.28. The molecule has 0 aromatic carbocycles. The number of hydrogen-bond acceptors (Lipinski definition) is 19. The van der Waals surface area contributed by atoms with Gasteiger partial charge in [-0.1, -0.05) is 0 Å². The summed E-state index contributed by atoms with van der Waals surface area (Å²) in [7, 11) is 0. The van der Waals surface area contributed by atoms with Crippen LogP contribution in [0, 0.1) is 70.8 Å². The fourth-order valence-electron chi connectivity index (χ4n) is 6.50. The van der Waals surface area contributed by atoms with Gasteiger partial charge in [-0.25, -0.2) is 9.53 Å². The molecule has 3 N–H and O–H groups in total. The first-order valence-corrected chi connectivity index (χ1v) is 18.3. The second-order valence-electron chi connectivity index (χ2n) is 13.6. The number of nitrogens with zero attached hydrogens (tertiary/aromatic N) is 26. The van der Waals surface area contributed by atoms with Crippen LogP contribution >= 0.6 is 0 Å². The van der Waals surface area contributed by atoms with Crippen molar-refractivity contribution in [1.82, 2.24) is 98.7 Å². The van der Waals surface area contributed by atoms with Gasteiger partial charge in [0.05, 0.1) is 42.2 Å². The van der Waals surface area contributed by atoms with E-state index in [0.29, 0.717) is 68.6 Å². The molecule has 0 amide bonds. The number of nitriles is 2. The third kappa shape index (κ3) is 5.86. The molecule has 0 aliphatic heterocycles. The molecule has 0 saturated carbocycles. The minimum absolute atomic E-state index is 0.0159. The van der Waals surface area contributed by atoms with E-state index in [1.165, 1.54) is 38.7 Å². The quantitative estimate of drug-likeness (QED) is 0.119. The molecule has 0 atom stereocenters. The second-order valence-corrected chi connectivity index (χ2v) is 13.6. The smallest absolute Gasteiger partial charge is 0.256 e. The molecule has 0 aliphatic carbocycles. The second kappa shape index (κ2) is 14.1. The number of aryl methyl sites for hydroxylation is 6. The van der Waals surface area contributed by atoms with Gasteiger partial charge < -0.3 is 0 Å². The summed E-state index contributed by atoms with van der Waals surface area (Å²) in [5, 5.41) is 95.0. The van der Waals surface area contributed by atoms with E-state index in [1.54, 1.807) is 55.1 Å². The maximum atomic E-state index is 10.2. The van der Waals surface area contributed by atoms with Crippen molar-refractivity contribution in [1.29, 1.82) is 10.5 Å². The summed E-state index contributed by atoms with van der Waals surface area (Å²) in [6, 6.07) is 5.64. The predicted octanol–water partition coefficient (Wildman–Crippen LogP) is 5.54. The molecule has 10 aromatic rings. The Labute approximate surface area is 349 Å². The zero-order valence-corrected chi connectivity index (χ0v) is 33.4. The summed E-state index contributed by atoms with van der Waals surface area (Å²) < 4.78 is 8.44. The number of fused-ring (bicyclic) bond motifs is 3. The first-order valence-electron chi connectivity index (χ1n) is 18.3. The Morgan fingerprint density at radius 2 is 0.952 bits per heavy atom. The molecule has 0 spiro atoms. The van der Waals surface area contributed by atoms with E-state index in [2.05, 4.69) is 109 Å². The number of aromatic nitrogens is 20. The molecule has 0 unspecified atom stereocenters. The standard InChI is InChI=1S/C34H25N29/c1-14-25(31-52-43-17(4)58(31)55-14)46-49-28-20(9-35)11-38-61(28)23-8-24(62-30(22(37-7)13-40-62)51-48-27-16(3)57-60-19(6)45-54-33(27)60)42-34(41-23)63-29(21(10-36)12-39-63)50-47-26-15(2)56-59-18(5)44-53-32(26)59/h8,11-13,52-54H,1-6H3. The summed E-state index contributed by atoms with van der Waals surface area (Å²) in [6.07, 6.45) is 3.86. The van der Waals surface area contributed by atoms with E-state index < -0.39 is 0 Å². The number of H-pyrrole nitrogens is 3. The van der Waals surface area contributed by atoms with E-state index in [9.17, 15) is 10.5 Å². The van der Waals surface area contributed by atoms with Crippen LogP contribution in [0.25, 0.3) is 39.4 Å². The van der Waals surface area contributed by atoms with Gasteiger partial charge in [0.15, 0.2) is 63.1 Å². The lowest BCUT2D eigenvalue weighted by atomic mass is 10.3. The monoisotopic (exact) mass is 839 g/mol. The van der Waals surface area contributed by atoms with E-state index in [0.717, 1.165) is 0 Å². The number of rotatable bonds is 9. The Balaban J connectivity index is 1.16. The van der Waals surface area contributed by atoms with Gasteiger partial charge in [0, 0.05) is 6.07 Å². The lowest BCUT2D eigenvalue weighted by Gasteiger charge is -2.11. The fourth-order valence-corrected chi connectivity index (χ4v) is 6.50. The van der Waals surface area contributed by atoms with Gasteiger partial charge in [-0.15, -0.1) is 30.7 Å². The maximum Gasteiger partial charge on any atom is 0.256 e. The van der Waals surface area contributed by atoms with Gasteiger partial charge in [0.25, 0.3) is 11.6 Å². The van der Waals surface area contributed by atoms with E-state index in [-0.39, 0.29) is 51.9 Å². The highest BCUT2D eigenvalue weighted by Gasteiger charge is 2.24. The zero-order chi connectivity index (χ0) is 43.7. The van der Waals surface area contributed by atoms with Crippen molar-refractivity contribution >= 4 is 57.1 Å². The zero-order valence-electron chi connectivity index (χ0n) is 33.4. The third-order valence-corrected chi connectivity index (χ3v) is 9.60. The molecule has 10 rings (SSSR count). The number of hydrogen-bond donors (Lipinski definition) is 3. The van der Waals surface area contributed by atoms with Crippen LogP contribution in [0.15, 0.2) is 55.3 Å². The van der Waals surface area contributed by atoms with Crippen LogP contribution in [-0.2, 0) is 0 Å². The Morgan fingerprint density at radius 1 is 0.556 bits per heavy atom. The van der Waals surface area contributed by atoms with Crippen molar-refractivity contribution in [3.05, 3.63) is 81.8 Å². The Kier molecular flexibility index (Phi) is 8.34. The first kappa shape index (κ1) is 37.3. The minimum Gasteiger partial charge on any atom is -0.258 e. The third-order valence-electron chi connectivity index (χ3n) is 9.60. The SMILES string of the molecule is [C-]#[N+]c1cnn(-c2cc(-n3ncc(C#N)c3N=Nc3c(C)nn4c(C)n[nH]c34)nc(-n3ncc(C#N)c3N=Nc3c(C)nn4c(C)n[nH]c34)n2)c1N=Nc1c(C)nn2c(C)n[nH]c12. The minimum atomic E-state index is -0.170. The van der Waals surface area contributed by atoms with Crippen LogP contribution in [0.4, 0.5) is 40.2 Å². The highest BCUT2D eigenvalue weighted by molar-refractivity contribution is 5.69. The van der Waals surface area contributed by atoms with Crippen LogP contribution in [0.1, 0.15) is 45.7 Å². The van der Waals surface area contributed by atoms with Gasteiger partial charge in [-0.3, -0.25) is 15.3 Å². The molecule has 10 aromatic heterocycles. The molecular weight excluding hydrogens is 815 g/mol. The molecule has 0 radical (unpaired) electrons. The molecule has 0 bridgehead atoms. The predicted molar refractivity (Wildman–Crippen MR) is 212 cm³/mol. The van der Waals surface area contributed by atoms with E-state index in [1.807, 2.05) is 0 Å². The summed E-state index contributed by atoms with van der Waals surface area (Å²) >= 11 is 0. The van der Waals surface area contributed by atoms with Crippen LogP contribution in [-0.4, -0.2) is 98.7 Å². The average molecular weight is 840 g/mol. The highest BCUT2D eigenvalue weighted by Crippen LogP contribution is 2.36. The van der Waals surface area contributed by atoms with Gasteiger partial charge in [-0.05, 0) is 41.5 Å². The lowest BCUT2D eigenvalue weighted by molar-refractivity contribution is 0.746. The summed E-state index contributed by atoms with van der Waals surface area (Å²) in [5.74, 6) is 1.58. The van der Waals surface area contributed by atoms with Crippen molar-refractivity contribution in [3.63, 3.8) is 0 Å². The van der Waals surface area contributed by atoms with Crippen molar-refractivity contribution in [3.8, 4) is 29.7 Å². The Bertz CT molecular complexity index is 3300. The Morgan fingerprint density at radius 3 is 1.40 bits per heavy atom. The molecule has 0 aliphatic rings. The van der Waals surface area contributed by atoms with Gasteiger partial charge in [-0.2, -0.15) is 89.3 Å². The van der Waals surface area contributed by atoms with Crippen molar-refractivity contribution in [2.24, 2.45) is 30.7 Å². The topological polar surface area (TPSA) is 343 Å². The first-order chi connectivity index (χ1) is 30.6. The van der Waals surface area contributed by atoms with E-state index in [4.69, 9.17) is 16.5 Å². The van der Waals surface area contributed by atoms with Crippen molar-refractivity contribution in [2.45, 2.75) is 41.5 Å². The fraction of sp³-hybridized carbons (Fsp3) is 0.176.